The second kappa shape index (κ2) is 12.5. The van der Waals surface area contributed by atoms with Gasteiger partial charge in [-0.15, -0.1) is 0 Å². The van der Waals surface area contributed by atoms with E-state index in [-0.39, 0.29) is 24.3 Å². The van der Waals surface area contributed by atoms with Crippen molar-refractivity contribution < 1.29 is 14.7 Å². The van der Waals surface area contributed by atoms with E-state index < -0.39 is 5.97 Å². The molecular weight excluding hydrogens is 545 g/mol. The number of rotatable bonds is 9. The van der Waals surface area contributed by atoms with Crippen LogP contribution in [-0.4, -0.2) is 33.3 Å². The second-order valence-corrected chi connectivity index (χ2v) is 11.5. The number of carboxylic acid groups (broad SMARTS) is 1. The van der Waals surface area contributed by atoms with E-state index >= 15 is 0 Å². The topological polar surface area (TPSA) is 84.2 Å². The van der Waals surface area contributed by atoms with Gasteiger partial charge in [0.1, 0.15) is 0 Å². The maximum atomic E-state index is 12.3. The van der Waals surface area contributed by atoms with E-state index in [1.807, 2.05) is 35.0 Å². The standard InChI is InChI=1S/C32H31Cl2N3O3/c1-32(2,3)14-12-21-4-8-23(9-5-21)29-19-28(25-16-26(33)18-27(34)17-25)36-37(29)20-22-6-10-24(11-7-22)31(40)35-15-13-30(38)39/h4-12,14,16-19H,13,15,20H2,1-3H3,(H,35,40)(H,38,39). The molecule has 1 aromatic heterocycles. The minimum absolute atomic E-state index is 0.0770. The van der Waals surface area contributed by atoms with Gasteiger partial charge in [-0.2, -0.15) is 5.10 Å². The molecule has 0 atom stereocenters. The van der Waals surface area contributed by atoms with Gasteiger partial charge in [-0.3, -0.25) is 14.3 Å². The molecule has 0 unspecified atom stereocenters. The van der Waals surface area contributed by atoms with Crippen LogP contribution < -0.4 is 5.32 Å². The zero-order chi connectivity index (χ0) is 28.9. The number of amides is 1. The van der Waals surface area contributed by atoms with Crippen molar-refractivity contribution in [1.29, 1.82) is 0 Å². The number of nitrogens with zero attached hydrogens (tertiary/aromatic N) is 2. The van der Waals surface area contributed by atoms with Gasteiger partial charge in [-0.05, 0) is 58.5 Å². The molecule has 0 fully saturated rings. The van der Waals surface area contributed by atoms with Gasteiger partial charge >= 0.3 is 5.97 Å². The molecule has 0 saturated carbocycles. The molecule has 0 aliphatic carbocycles. The summed E-state index contributed by atoms with van der Waals surface area (Å²) in [6, 6.07) is 22.9. The average Bonchev–Trinajstić information content (AvgIpc) is 3.31. The summed E-state index contributed by atoms with van der Waals surface area (Å²) in [5.41, 5.74) is 6.11. The lowest BCUT2D eigenvalue weighted by atomic mass is 9.95. The summed E-state index contributed by atoms with van der Waals surface area (Å²) < 4.78 is 1.92. The molecular formula is C32H31Cl2N3O3. The molecule has 1 amide bonds. The third-order valence-corrected chi connectivity index (χ3v) is 6.53. The van der Waals surface area contributed by atoms with Crippen molar-refractivity contribution in [2.24, 2.45) is 5.41 Å². The summed E-state index contributed by atoms with van der Waals surface area (Å²) in [6.45, 7) is 7.04. The summed E-state index contributed by atoms with van der Waals surface area (Å²) in [5, 5.41) is 17.3. The number of hydrogen-bond donors (Lipinski definition) is 2. The first-order valence-corrected chi connectivity index (χ1v) is 13.7. The molecule has 4 rings (SSSR count). The number of hydrogen-bond acceptors (Lipinski definition) is 3. The highest BCUT2D eigenvalue weighted by Crippen LogP contribution is 2.31. The fourth-order valence-corrected chi connectivity index (χ4v) is 4.57. The quantitative estimate of drug-likeness (QED) is 0.213. The van der Waals surface area contributed by atoms with Crippen molar-refractivity contribution in [3.8, 4) is 22.5 Å². The van der Waals surface area contributed by atoms with Gasteiger partial charge in [-0.25, -0.2) is 0 Å². The van der Waals surface area contributed by atoms with Crippen LogP contribution in [0.1, 0.15) is 48.7 Å². The normalized spacial score (nSPS) is 11.6. The average molecular weight is 577 g/mol. The molecule has 2 N–H and O–H groups in total. The summed E-state index contributed by atoms with van der Waals surface area (Å²) in [4.78, 5) is 23.0. The molecule has 0 bridgehead atoms. The Balaban J connectivity index is 1.63. The first-order chi connectivity index (χ1) is 19.0. The lowest BCUT2D eigenvalue weighted by Crippen LogP contribution is -2.25. The first kappa shape index (κ1) is 29.1. The van der Waals surface area contributed by atoms with Crippen LogP contribution in [0.15, 0.2) is 78.9 Å². The van der Waals surface area contributed by atoms with Crippen molar-refractivity contribution in [2.75, 3.05) is 6.54 Å². The number of carbonyl (C=O) groups is 2. The van der Waals surface area contributed by atoms with E-state index in [0.717, 1.165) is 33.6 Å². The summed E-state index contributed by atoms with van der Waals surface area (Å²) >= 11 is 12.5. The van der Waals surface area contributed by atoms with Crippen LogP contribution >= 0.6 is 23.2 Å². The molecule has 0 radical (unpaired) electrons. The van der Waals surface area contributed by atoms with Gasteiger partial charge in [-0.1, -0.05) is 92.5 Å². The van der Waals surface area contributed by atoms with Gasteiger partial charge in [0.15, 0.2) is 0 Å². The largest absolute Gasteiger partial charge is 0.481 e. The Morgan fingerprint density at radius 1 is 0.925 bits per heavy atom. The molecule has 40 heavy (non-hydrogen) atoms. The first-order valence-electron chi connectivity index (χ1n) is 12.9. The van der Waals surface area contributed by atoms with E-state index in [9.17, 15) is 9.59 Å². The van der Waals surface area contributed by atoms with Crippen LogP contribution in [0, 0.1) is 5.41 Å². The number of aliphatic carboxylic acids is 1. The molecule has 0 saturated heterocycles. The van der Waals surface area contributed by atoms with Crippen molar-refractivity contribution in [3.05, 3.63) is 106 Å². The summed E-state index contributed by atoms with van der Waals surface area (Å²) in [5.74, 6) is -1.27. The Bertz CT molecular complexity index is 1510. The lowest BCUT2D eigenvalue weighted by molar-refractivity contribution is -0.136. The minimum Gasteiger partial charge on any atom is -0.481 e. The van der Waals surface area contributed by atoms with Crippen LogP contribution in [0.2, 0.25) is 10.0 Å². The molecule has 0 spiro atoms. The van der Waals surface area contributed by atoms with Crippen molar-refractivity contribution in [2.45, 2.75) is 33.7 Å². The molecule has 8 heteroatoms. The van der Waals surface area contributed by atoms with Crippen molar-refractivity contribution >= 4 is 41.2 Å². The van der Waals surface area contributed by atoms with Crippen LogP contribution in [0.3, 0.4) is 0 Å². The molecule has 206 valence electrons. The predicted octanol–water partition coefficient (Wildman–Crippen LogP) is 7.84. The van der Waals surface area contributed by atoms with Crippen molar-refractivity contribution in [1.82, 2.24) is 15.1 Å². The Morgan fingerprint density at radius 3 is 2.17 bits per heavy atom. The van der Waals surface area contributed by atoms with Crippen LogP contribution in [0.4, 0.5) is 0 Å². The number of aromatic nitrogens is 2. The molecule has 4 aromatic rings. The fraction of sp³-hybridized carbons (Fsp3) is 0.219. The fourth-order valence-electron chi connectivity index (χ4n) is 4.04. The number of benzene rings is 3. The number of carbonyl (C=O) groups excluding carboxylic acids is 1. The van der Waals surface area contributed by atoms with Gasteiger partial charge < -0.3 is 10.4 Å². The number of halogens is 2. The van der Waals surface area contributed by atoms with E-state index in [2.05, 4.69) is 62.5 Å². The molecule has 0 aliphatic heterocycles. The molecule has 0 aliphatic rings. The molecule has 6 nitrogen and oxygen atoms in total. The Kier molecular flexibility index (Phi) is 9.13. The Hall–Kier alpha value is -3.87. The maximum absolute atomic E-state index is 12.3. The van der Waals surface area contributed by atoms with Crippen LogP contribution in [0.5, 0.6) is 0 Å². The Labute approximate surface area is 244 Å². The highest BCUT2D eigenvalue weighted by molar-refractivity contribution is 6.35. The van der Waals surface area contributed by atoms with Crippen LogP contribution in [0.25, 0.3) is 28.6 Å². The third kappa shape index (κ3) is 8.07. The van der Waals surface area contributed by atoms with Gasteiger partial charge in [0.2, 0.25) is 0 Å². The van der Waals surface area contributed by atoms with Gasteiger partial charge in [0.05, 0.1) is 24.4 Å². The highest BCUT2D eigenvalue weighted by atomic mass is 35.5. The summed E-state index contributed by atoms with van der Waals surface area (Å²) in [7, 11) is 0. The van der Waals surface area contributed by atoms with Crippen LogP contribution in [-0.2, 0) is 11.3 Å². The zero-order valence-corrected chi connectivity index (χ0v) is 24.1. The predicted molar refractivity (Wildman–Crippen MR) is 162 cm³/mol. The van der Waals surface area contributed by atoms with E-state index in [0.29, 0.717) is 22.2 Å². The van der Waals surface area contributed by atoms with E-state index in [4.69, 9.17) is 33.4 Å². The van der Waals surface area contributed by atoms with Gasteiger partial charge in [0.25, 0.3) is 5.91 Å². The molecule has 3 aromatic carbocycles. The smallest absolute Gasteiger partial charge is 0.305 e. The second-order valence-electron chi connectivity index (χ2n) is 10.6. The summed E-state index contributed by atoms with van der Waals surface area (Å²) in [6.07, 6.45) is 4.18. The van der Waals surface area contributed by atoms with E-state index in [1.54, 1.807) is 18.2 Å². The Morgan fingerprint density at radius 2 is 1.57 bits per heavy atom. The molecule has 1 heterocycles. The van der Waals surface area contributed by atoms with Gasteiger partial charge in [0, 0.05) is 27.7 Å². The maximum Gasteiger partial charge on any atom is 0.305 e. The minimum atomic E-state index is -0.957. The monoisotopic (exact) mass is 575 g/mol. The van der Waals surface area contributed by atoms with Crippen molar-refractivity contribution in [3.63, 3.8) is 0 Å². The number of carboxylic acids is 1. The third-order valence-electron chi connectivity index (χ3n) is 6.09. The number of allylic oxidation sites excluding steroid dienone is 1. The lowest BCUT2D eigenvalue weighted by Gasteiger charge is -2.11. The zero-order valence-electron chi connectivity index (χ0n) is 22.6. The SMILES string of the molecule is CC(C)(C)C=Cc1ccc(-c2cc(-c3cc(Cl)cc(Cl)c3)nn2Cc2ccc(C(=O)NCCC(=O)O)cc2)cc1. The van der Waals surface area contributed by atoms with E-state index in [1.165, 1.54) is 0 Å². The highest BCUT2D eigenvalue weighted by Gasteiger charge is 2.14. The number of nitrogens with one attached hydrogen (secondary N) is 1.